The highest BCUT2D eigenvalue weighted by Crippen LogP contribution is 2.40. The number of thiophene rings is 1. The van der Waals surface area contributed by atoms with Crippen molar-refractivity contribution >= 4 is 78.0 Å². The second-order valence-electron chi connectivity index (χ2n) is 7.40. The highest BCUT2D eigenvalue weighted by atomic mass is 35.5. The maximum absolute atomic E-state index is 13.8. The first-order chi connectivity index (χ1) is 16.0. The van der Waals surface area contributed by atoms with Crippen LogP contribution in [0.1, 0.15) is 23.5 Å². The van der Waals surface area contributed by atoms with Gasteiger partial charge in [-0.15, -0.1) is 23.7 Å². The van der Waals surface area contributed by atoms with Gasteiger partial charge in [0.25, 0.3) is 5.91 Å². The molecular formula is C24H27Cl2N3O3S2. The molecule has 0 saturated carbocycles. The fourth-order valence-corrected chi connectivity index (χ4v) is 6.16. The number of carbonyl (C=O) groups is 1. The summed E-state index contributed by atoms with van der Waals surface area (Å²) in [6, 6.07) is 11.6. The summed E-state index contributed by atoms with van der Waals surface area (Å²) < 4.78 is 12.8. The topological polar surface area (TPSA) is 54.9 Å². The number of hydrogen-bond acceptors (Lipinski definition) is 7. The van der Waals surface area contributed by atoms with E-state index in [1.165, 1.54) is 22.7 Å². The van der Waals surface area contributed by atoms with E-state index >= 15 is 0 Å². The molecule has 4 aromatic rings. The van der Waals surface area contributed by atoms with E-state index in [0.29, 0.717) is 33.1 Å². The highest BCUT2D eigenvalue weighted by molar-refractivity contribution is 7.23. The number of anilines is 1. The average molecular weight is 541 g/mol. The van der Waals surface area contributed by atoms with Gasteiger partial charge in [-0.3, -0.25) is 9.69 Å². The first-order valence-corrected chi connectivity index (χ1v) is 12.8. The van der Waals surface area contributed by atoms with Crippen molar-refractivity contribution in [3.63, 3.8) is 0 Å². The predicted octanol–water partition coefficient (Wildman–Crippen LogP) is 6.59. The molecule has 182 valence electrons. The number of methoxy groups -OCH3 is 2. The van der Waals surface area contributed by atoms with Gasteiger partial charge >= 0.3 is 0 Å². The molecule has 0 N–H and O–H groups in total. The third-order valence-electron chi connectivity index (χ3n) is 5.62. The Kier molecular flexibility index (Phi) is 9.01. The second-order valence-corrected chi connectivity index (χ2v) is 9.84. The lowest BCUT2D eigenvalue weighted by molar-refractivity contribution is 0.0988. The summed E-state index contributed by atoms with van der Waals surface area (Å²) in [6.07, 6.45) is 0. The third-order valence-corrected chi connectivity index (χ3v) is 8.33. The minimum absolute atomic E-state index is 0. The first kappa shape index (κ1) is 26.5. The lowest BCUT2D eigenvalue weighted by Crippen LogP contribution is -2.38. The molecule has 10 heteroatoms. The Bertz CT molecular complexity index is 1250. The van der Waals surface area contributed by atoms with E-state index in [9.17, 15) is 4.79 Å². The summed E-state index contributed by atoms with van der Waals surface area (Å²) >= 11 is 9.54. The van der Waals surface area contributed by atoms with Crippen molar-refractivity contribution in [2.45, 2.75) is 13.8 Å². The first-order valence-electron chi connectivity index (χ1n) is 10.7. The Balaban J connectivity index is 0.00000324. The van der Waals surface area contributed by atoms with Gasteiger partial charge in [-0.05, 0) is 19.2 Å². The van der Waals surface area contributed by atoms with Gasteiger partial charge in [0.1, 0.15) is 4.88 Å². The number of rotatable bonds is 9. The zero-order valence-corrected chi connectivity index (χ0v) is 22.7. The van der Waals surface area contributed by atoms with Gasteiger partial charge < -0.3 is 14.4 Å². The van der Waals surface area contributed by atoms with Crippen LogP contribution in [0, 0.1) is 0 Å². The van der Waals surface area contributed by atoms with Crippen molar-refractivity contribution in [1.29, 1.82) is 0 Å². The van der Waals surface area contributed by atoms with Crippen LogP contribution >= 0.6 is 46.7 Å². The van der Waals surface area contributed by atoms with Crippen LogP contribution in [0.5, 0.6) is 11.5 Å². The Morgan fingerprint density at radius 1 is 1.00 bits per heavy atom. The molecule has 1 amide bonds. The van der Waals surface area contributed by atoms with Crippen LogP contribution in [-0.4, -0.2) is 56.2 Å². The molecule has 0 saturated heterocycles. The van der Waals surface area contributed by atoms with E-state index in [-0.39, 0.29) is 18.3 Å². The van der Waals surface area contributed by atoms with Crippen LogP contribution < -0.4 is 14.4 Å². The summed E-state index contributed by atoms with van der Waals surface area (Å²) in [5.74, 6) is 1.11. The molecule has 0 fully saturated rings. The lowest BCUT2D eigenvalue weighted by atomic mass is 10.2. The number of benzene rings is 2. The molecule has 2 heterocycles. The van der Waals surface area contributed by atoms with Crippen LogP contribution in [0.15, 0.2) is 36.4 Å². The van der Waals surface area contributed by atoms with Crippen LogP contribution in [0.25, 0.3) is 20.3 Å². The zero-order chi connectivity index (χ0) is 23.5. The summed E-state index contributed by atoms with van der Waals surface area (Å²) in [5, 5.41) is 2.03. The number of fused-ring (bicyclic) bond motifs is 2. The van der Waals surface area contributed by atoms with Crippen molar-refractivity contribution < 1.29 is 14.3 Å². The minimum atomic E-state index is -0.133. The number of hydrogen-bond donors (Lipinski definition) is 0. The molecule has 2 aromatic heterocycles. The maximum atomic E-state index is 13.8. The molecule has 4 rings (SSSR count). The number of nitrogens with zero attached hydrogens (tertiary/aromatic N) is 3. The van der Waals surface area contributed by atoms with Crippen molar-refractivity contribution in [2.75, 3.05) is 45.3 Å². The molecule has 0 aliphatic rings. The number of amides is 1. The molecule has 2 aromatic carbocycles. The molecule has 0 radical (unpaired) electrons. The zero-order valence-electron chi connectivity index (χ0n) is 19.5. The van der Waals surface area contributed by atoms with Gasteiger partial charge in [0.2, 0.25) is 0 Å². The number of thiazole rings is 1. The fourth-order valence-electron chi connectivity index (χ4n) is 3.70. The molecule has 0 aliphatic carbocycles. The van der Waals surface area contributed by atoms with Gasteiger partial charge in [0.15, 0.2) is 16.6 Å². The number of halogens is 2. The Labute approximate surface area is 218 Å². The number of carbonyl (C=O) groups excluding carboxylic acids is 1. The van der Waals surface area contributed by atoms with Crippen LogP contribution in [0.2, 0.25) is 5.02 Å². The monoisotopic (exact) mass is 539 g/mol. The lowest BCUT2D eigenvalue weighted by Gasteiger charge is -2.24. The van der Waals surface area contributed by atoms with Gasteiger partial charge in [-0.2, -0.15) is 0 Å². The normalized spacial score (nSPS) is 11.1. The Morgan fingerprint density at radius 3 is 2.32 bits per heavy atom. The molecular weight excluding hydrogens is 513 g/mol. The van der Waals surface area contributed by atoms with E-state index in [1.807, 2.05) is 36.4 Å². The minimum Gasteiger partial charge on any atom is -0.493 e. The molecule has 0 spiro atoms. The van der Waals surface area contributed by atoms with Crippen LogP contribution in [-0.2, 0) is 0 Å². The number of likely N-dealkylation sites (N-methyl/N-ethyl adjacent to an activating group) is 1. The summed E-state index contributed by atoms with van der Waals surface area (Å²) in [5.41, 5.74) is 0.760. The third kappa shape index (κ3) is 5.11. The maximum Gasteiger partial charge on any atom is 0.271 e. The van der Waals surface area contributed by atoms with Crippen molar-refractivity contribution in [2.24, 2.45) is 0 Å². The van der Waals surface area contributed by atoms with Crippen LogP contribution in [0.3, 0.4) is 0 Å². The Hall–Kier alpha value is -2.10. The van der Waals surface area contributed by atoms with E-state index in [0.717, 1.165) is 39.9 Å². The summed E-state index contributed by atoms with van der Waals surface area (Å²) in [7, 11) is 3.20. The fraction of sp³-hybridized carbons (Fsp3) is 0.333. The quantitative estimate of drug-likeness (QED) is 0.240. The summed E-state index contributed by atoms with van der Waals surface area (Å²) in [4.78, 5) is 23.2. The molecule has 0 aliphatic heterocycles. The van der Waals surface area contributed by atoms with Gasteiger partial charge in [-0.1, -0.05) is 55.0 Å². The van der Waals surface area contributed by atoms with E-state index < -0.39 is 0 Å². The highest BCUT2D eigenvalue weighted by Gasteiger charge is 2.27. The van der Waals surface area contributed by atoms with E-state index in [1.54, 1.807) is 19.1 Å². The van der Waals surface area contributed by atoms with Crippen molar-refractivity contribution in [3.05, 3.63) is 46.3 Å². The average Bonchev–Trinajstić information content (AvgIpc) is 3.41. The van der Waals surface area contributed by atoms with Gasteiger partial charge in [0, 0.05) is 35.3 Å². The molecule has 0 atom stereocenters. The van der Waals surface area contributed by atoms with E-state index in [4.69, 9.17) is 26.1 Å². The number of aromatic nitrogens is 1. The van der Waals surface area contributed by atoms with Gasteiger partial charge in [-0.25, -0.2) is 4.98 Å². The summed E-state index contributed by atoms with van der Waals surface area (Å²) in [6.45, 7) is 7.32. The van der Waals surface area contributed by atoms with Gasteiger partial charge in [0.05, 0.1) is 29.5 Å². The van der Waals surface area contributed by atoms with Crippen molar-refractivity contribution in [3.8, 4) is 11.5 Å². The van der Waals surface area contributed by atoms with E-state index in [2.05, 4.69) is 18.7 Å². The Morgan fingerprint density at radius 2 is 1.68 bits per heavy atom. The molecule has 0 unspecified atom stereocenters. The SMILES string of the molecule is CCN(CC)CCN(C(=O)c1sc2ccccc2c1Cl)c1nc2cc(OC)c(OC)cc2s1.Cl. The number of ether oxygens (including phenoxy) is 2. The van der Waals surface area contributed by atoms with Crippen molar-refractivity contribution in [1.82, 2.24) is 9.88 Å². The smallest absolute Gasteiger partial charge is 0.271 e. The second kappa shape index (κ2) is 11.6. The largest absolute Gasteiger partial charge is 0.493 e. The molecule has 34 heavy (non-hydrogen) atoms. The van der Waals surface area contributed by atoms with Crippen LogP contribution in [0.4, 0.5) is 5.13 Å². The standard InChI is InChI=1S/C24H26ClN3O3S2.ClH/c1-5-27(6-2)11-12-28(23(29)22-21(25)15-9-7-8-10-19(15)32-22)24-26-16-13-17(30-3)18(31-4)14-20(16)33-24;/h7-10,13-14H,5-6,11-12H2,1-4H3;1H. The predicted molar refractivity (Wildman–Crippen MR) is 146 cm³/mol. The molecule has 6 nitrogen and oxygen atoms in total. The molecule has 0 bridgehead atoms.